The van der Waals surface area contributed by atoms with Gasteiger partial charge in [-0.25, -0.2) is 16.8 Å². The molecule has 0 unspecified atom stereocenters. The smallest absolute Gasteiger partial charge is 0.218 e. The second kappa shape index (κ2) is 6.78. The van der Waals surface area contributed by atoms with E-state index in [9.17, 15) is 43.2 Å². The van der Waals surface area contributed by atoms with E-state index in [1.807, 2.05) is 0 Å². The van der Waals surface area contributed by atoms with Gasteiger partial charge >= 0.3 is 11.0 Å². The Balaban J connectivity index is 0.00000576. The van der Waals surface area contributed by atoms with E-state index in [0.717, 1.165) is 26.0 Å². The Labute approximate surface area is 141 Å². The van der Waals surface area contributed by atoms with Crippen LogP contribution in [0, 0.1) is 20.8 Å². The van der Waals surface area contributed by atoms with Crippen LogP contribution in [0.4, 0.5) is 26.3 Å². The number of benzene rings is 1. The Kier molecular flexibility index (Phi) is 6.43. The van der Waals surface area contributed by atoms with Crippen LogP contribution in [0.1, 0.15) is 34.3 Å². The lowest BCUT2D eigenvalue weighted by atomic mass is 10.0. The molecule has 0 saturated carbocycles. The van der Waals surface area contributed by atoms with Crippen molar-refractivity contribution < 1.29 is 43.2 Å². The largest absolute Gasteiger partial charge is 0.499 e. The number of alkyl halides is 6. The molecule has 0 radical (unpaired) electrons. The fourth-order valence-corrected chi connectivity index (χ4v) is 6.12. The molecule has 0 aromatic heterocycles. The third kappa shape index (κ3) is 4.10. The van der Waals surface area contributed by atoms with E-state index in [1.54, 1.807) is 0 Å². The highest BCUT2D eigenvalue weighted by Gasteiger charge is 2.64. The van der Waals surface area contributed by atoms with Gasteiger partial charge in [0.05, 0.1) is 0 Å². The van der Waals surface area contributed by atoms with Crippen LogP contribution in [-0.2, 0) is 19.7 Å². The number of hydrogen-bond donors (Lipinski definition) is 0. The first-order chi connectivity index (χ1) is 10.4. The van der Waals surface area contributed by atoms with Crippen molar-refractivity contribution in [1.29, 1.82) is 0 Å². The molecule has 1 aromatic rings. The Morgan fingerprint density at radius 1 is 0.760 bits per heavy atom. The second-order valence-corrected chi connectivity index (χ2v) is 9.47. The molecule has 0 saturated heterocycles. The molecular weight excluding hydrogens is 398 g/mol. The second-order valence-electron chi connectivity index (χ2n) is 5.13. The standard InChI is InChI=1S/C12H12F6O4S2.CH4/c1-6-4-7(2)9(8(3)5-6)10(23(19,20)11(13,14)15)24(21,22)12(16,17)18;/h4-5,10H,1-3H3;1H4. The van der Waals surface area contributed by atoms with Gasteiger partial charge in [-0.1, -0.05) is 25.1 Å². The van der Waals surface area contributed by atoms with Crippen molar-refractivity contribution in [2.45, 2.75) is 43.8 Å². The lowest BCUT2D eigenvalue weighted by Crippen LogP contribution is -2.40. The number of sulfone groups is 2. The van der Waals surface area contributed by atoms with E-state index in [0.29, 0.717) is 5.56 Å². The molecule has 146 valence electrons. The van der Waals surface area contributed by atoms with Crippen molar-refractivity contribution in [2.75, 3.05) is 0 Å². The molecule has 12 heteroatoms. The maximum Gasteiger partial charge on any atom is 0.499 e. The van der Waals surface area contributed by atoms with Crippen LogP contribution in [0.5, 0.6) is 0 Å². The maximum absolute atomic E-state index is 12.8. The highest BCUT2D eigenvalue weighted by molar-refractivity contribution is 8.09. The lowest BCUT2D eigenvalue weighted by Gasteiger charge is -2.24. The van der Waals surface area contributed by atoms with Gasteiger partial charge in [0.25, 0.3) is 19.7 Å². The molecule has 1 rings (SSSR count). The molecule has 25 heavy (non-hydrogen) atoms. The minimum absolute atomic E-state index is 0. The SMILES string of the molecule is C.Cc1cc(C)c(C(S(=O)(=O)C(F)(F)F)S(=O)(=O)C(F)(F)F)c(C)c1. The van der Waals surface area contributed by atoms with Crippen LogP contribution in [0.15, 0.2) is 12.1 Å². The van der Waals surface area contributed by atoms with Gasteiger partial charge in [0.1, 0.15) is 0 Å². The van der Waals surface area contributed by atoms with Gasteiger partial charge in [-0.05, 0) is 37.5 Å². The zero-order chi connectivity index (χ0) is 19.3. The van der Waals surface area contributed by atoms with Crippen LogP contribution in [0.2, 0.25) is 0 Å². The quantitative estimate of drug-likeness (QED) is 0.698. The maximum atomic E-state index is 12.8. The molecule has 4 nitrogen and oxygen atoms in total. The van der Waals surface area contributed by atoms with Crippen molar-refractivity contribution >= 4 is 19.7 Å². The fraction of sp³-hybridized carbons (Fsp3) is 0.538. The minimum Gasteiger partial charge on any atom is -0.218 e. The van der Waals surface area contributed by atoms with E-state index in [4.69, 9.17) is 0 Å². The molecular formula is C13H16F6O4S2. The number of rotatable bonds is 3. The van der Waals surface area contributed by atoms with E-state index in [2.05, 4.69) is 0 Å². The van der Waals surface area contributed by atoms with Gasteiger partial charge in [-0.15, -0.1) is 0 Å². The zero-order valence-electron chi connectivity index (χ0n) is 12.4. The van der Waals surface area contributed by atoms with Crippen LogP contribution >= 0.6 is 0 Å². The Morgan fingerprint density at radius 2 is 1.04 bits per heavy atom. The molecule has 1 aromatic carbocycles. The fourth-order valence-electron chi connectivity index (χ4n) is 2.28. The Hall–Kier alpha value is -1.30. The van der Waals surface area contributed by atoms with E-state index in [-0.39, 0.29) is 18.6 Å². The summed E-state index contributed by atoms with van der Waals surface area (Å²) in [5.41, 5.74) is -13.6. The number of halogens is 6. The monoisotopic (exact) mass is 414 g/mol. The summed E-state index contributed by atoms with van der Waals surface area (Å²) in [6, 6.07) is 2.21. The summed E-state index contributed by atoms with van der Waals surface area (Å²) in [6.07, 6.45) is 0. The first-order valence-electron chi connectivity index (χ1n) is 6.12. The van der Waals surface area contributed by atoms with Crippen molar-refractivity contribution in [2.24, 2.45) is 0 Å². The summed E-state index contributed by atoms with van der Waals surface area (Å²) in [6.45, 7) is 3.55. The summed E-state index contributed by atoms with van der Waals surface area (Å²) in [7, 11) is -13.4. The van der Waals surface area contributed by atoms with Crippen molar-refractivity contribution in [1.82, 2.24) is 0 Å². The predicted octanol–water partition coefficient (Wildman–Crippen LogP) is 4.12. The summed E-state index contributed by atoms with van der Waals surface area (Å²) in [5.74, 6) is 0. The normalized spacial score (nSPS) is 13.7. The molecule has 0 atom stereocenters. The van der Waals surface area contributed by atoms with Gasteiger partial charge in [-0.3, -0.25) is 0 Å². The lowest BCUT2D eigenvalue weighted by molar-refractivity contribution is -0.0472. The number of hydrogen-bond acceptors (Lipinski definition) is 4. The number of aryl methyl sites for hydroxylation is 3. The van der Waals surface area contributed by atoms with E-state index < -0.39 is 40.8 Å². The van der Waals surface area contributed by atoms with Crippen LogP contribution in [0.25, 0.3) is 0 Å². The molecule has 0 bridgehead atoms. The van der Waals surface area contributed by atoms with Gasteiger partial charge in [-0.2, -0.15) is 26.3 Å². The Bertz CT molecular complexity index is 784. The van der Waals surface area contributed by atoms with Gasteiger partial charge < -0.3 is 0 Å². The van der Waals surface area contributed by atoms with Crippen LogP contribution < -0.4 is 0 Å². The average Bonchev–Trinajstić information content (AvgIpc) is 2.29. The van der Waals surface area contributed by atoms with E-state index in [1.165, 1.54) is 6.92 Å². The Morgan fingerprint density at radius 3 is 1.28 bits per heavy atom. The molecule has 0 aliphatic heterocycles. The van der Waals surface area contributed by atoms with Gasteiger partial charge in [0.15, 0.2) is 0 Å². The summed E-state index contributed by atoms with van der Waals surface area (Å²) in [4.78, 5) is 0. The van der Waals surface area contributed by atoms with Crippen LogP contribution in [0.3, 0.4) is 0 Å². The van der Waals surface area contributed by atoms with Crippen molar-refractivity contribution in [3.8, 4) is 0 Å². The third-order valence-corrected chi connectivity index (χ3v) is 7.59. The first kappa shape index (κ1) is 23.7. The summed E-state index contributed by atoms with van der Waals surface area (Å²) in [5, 5.41) is 0. The van der Waals surface area contributed by atoms with Crippen molar-refractivity contribution in [3.05, 3.63) is 34.4 Å². The summed E-state index contributed by atoms with van der Waals surface area (Å²) < 4.78 is 120. The van der Waals surface area contributed by atoms with Gasteiger partial charge in [0, 0.05) is 0 Å². The predicted molar refractivity (Wildman–Crippen MR) is 80.1 cm³/mol. The highest BCUT2D eigenvalue weighted by atomic mass is 32.3. The van der Waals surface area contributed by atoms with Crippen molar-refractivity contribution in [3.63, 3.8) is 0 Å². The minimum atomic E-state index is -6.70. The molecule has 0 N–H and O–H groups in total. The van der Waals surface area contributed by atoms with Gasteiger partial charge in [0.2, 0.25) is 4.58 Å². The zero-order valence-corrected chi connectivity index (χ0v) is 14.1. The average molecular weight is 414 g/mol. The molecule has 0 aliphatic rings. The molecule has 0 spiro atoms. The first-order valence-corrected chi connectivity index (χ1v) is 9.22. The highest BCUT2D eigenvalue weighted by Crippen LogP contribution is 2.46. The molecule has 0 amide bonds. The topological polar surface area (TPSA) is 68.3 Å². The third-order valence-electron chi connectivity index (χ3n) is 3.18. The van der Waals surface area contributed by atoms with Crippen LogP contribution in [-0.4, -0.2) is 27.9 Å². The van der Waals surface area contributed by atoms with E-state index >= 15 is 0 Å². The molecule has 0 aliphatic carbocycles. The molecule has 0 fully saturated rings. The molecule has 0 heterocycles. The summed E-state index contributed by atoms with van der Waals surface area (Å²) >= 11 is 0.